The standard InChI is InChI=1S/C21H23N3O/c1-25-18-9-7-16(8-10-18)13-24-14-19(17-5-3-2-4-6-17)20(15-24)21-11-12-22-23-21/h2-12,19-20H,13-15H2,1H3,(H,22,23)/t19-,20+/m0/s1. The van der Waals surface area contributed by atoms with Crippen molar-refractivity contribution in [2.75, 3.05) is 20.2 Å². The quantitative estimate of drug-likeness (QED) is 0.772. The number of rotatable bonds is 5. The topological polar surface area (TPSA) is 41.1 Å². The Morgan fingerprint density at radius 1 is 1.00 bits per heavy atom. The van der Waals surface area contributed by atoms with Gasteiger partial charge in [0.1, 0.15) is 5.75 Å². The van der Waals surface area contributed by atoms with Crippen LogP contribution in [0.3, 0.4) is 0 Å². The predicted octanol–water partition coefficient (Wildman–Crippen LogP) is 3.80. The second-order valence-electron chi connectivity index (χ2n) is 6.68. The van der Waals surface area contributed by atoms with E-state index in [1.807, 2.05) is 18.3 Å². The Morgan fingerprint density at radius 3 is 2.44 bits per heavy atom. The highest BCUT2D eigenvalue weighted by Gasteiger charge is 2.35. The van der Waals surface area contributed by atoms with Crippen LogP contribution in [0.2, 0.25) is 0 Å². The summed E-state index contributed by atoms with van der Waals surface area (Å²) in [6.45, 7) is 3.05. The average Bonchev–Trinajstić information content (AvgIpc) is 3.33. The smallest absolute Gasteiger partial charge is 0.118 e. The molecule has 0 saturated carbocycles. The Bertz CT molecular complexity index is 784. The Kier molecular flexibility index (Phi) is 4.53. The number of hydrogen-bond acceptors (Lipinski definition) is 3. The van der Waals surface area contributed by atoms with Gasteiger partial charge in [0, 0.05) is 43.4 Å². The van der Waals surface area contributed by atoms with E-state index < -0.39 is 0 Å². The molecule has 4 nitrogen and oxygen atoms in total. The predicted molar refractivity (Wildman–Crippen MR) is 98.8 cm³/mol. The minimum absolute atomic E-state index is 0.447. The van der Waals surface area contributed by atoms with E-state index in [0.717, 1.165) is 25.4 Å². The average molecular weight is 333 g/mol. The van der Waals surface area contributed by atoms with E-state index in [0.29, 0.717) is 11.8 Å². The minimum Gasteiger partial charge on any atom is -0.497 e. The molecule has 1 aliphatic heterocycles. The van der Waals surface area contributed by atoms with Crippen LogP contribution in [0.4, 0.5) is 0 Å². The molecule has 1 aliphatic rings. The lowest BCUT2D eigenvalue weighted by Crippen LogP contribution is -2.20. The fourth-order valence-corrected chi connectivity index (χ4v) is 3.83. The fraction of sp³-hybridized carbons (Fsp3) is 0.286. The van der Waals surface area contributed by atoms with E-state index in [1.54, 1.807) is 7.11 Å². The summed E-state index contributed by atoms with van der Waals surface area (Å²) in [5.74, 6) is 1.84. The summed E-state index contributed by atoms with van der Waals surface area (Å²) in [7, 11) is 1.70. The molecular weight excluding hydrogens is 310 g/mol. The number of nitrogens with zero attached hydrogens (tertiary/aromatic N) is 2. The third kappa shape index (κ3) is 3.44. The van der Waals surface area contributed by atoms with Gasteiger partial charge in [0.2, 0.25) is 0 Å². The maximum absolute atomic E-state index is 5.26. The van der Waals surface area contributed by atoms with Crippen molar-refractivity contribution < 1.29 is 4.74 Å². The molecule has 0 amide bonds. The molecule has 1 N–H and O–H groups in total. The zero-order valence-corrected chi connectivity index (χ0v) is 14.4. The van der Waals surface area contributed by atoms with Gasteiger partial charge < -0.3 is 4.74 Å². The number of aromatic amines is 1. The summed E-state index contributed by atoms with van der Waals surface area (Å²) in [5, 5.41) is 7.35. The molecule has 0 spiro atoms. The molecule has 2 heterocycles. The first kappa shape index (κ1) is 15.9. The first-order valence-electron chi connectivity index (χ1n) is 8.73. The van der Waals surface area contributed by atoms with Crippen molar-refractivity contribution in [1.29, 1.82) is 0 Å². The molecule has 1 fully saturated rings. The van der Waals surface area contributed by atoms with Crippen molar-refractivity contribution in [3.8, 4) is 5.75 Å². The number of H-pyrrole nitrogens is 1. The number of hydrogen-bond donors (Lipinski definition) is 1. The third-order valence-corrected chi connectivity index (χ3v) is 5.11. The lowest BCUT2D eigenvalue weighted by Gasteiger charge is -2.17. The van der Waals surface area contributed by atoms with Crippen LogP contribution < -0.4 is 4.74 Å². The molecule has 1 saturated heterocycles. The van der Waals surface area contributed by atoms with Crippen LogP contribution in [0, 0.1) is 0 Å². The monoisotopic (exact) mass is 333 g/mol. The molecule has 25 heavy (non-hydrogen) atoms. The highest BCUT2D eigenvalue weighted by Crippen LogP contribution is 2.39. The largest absolute Gasteiger partial charge is 0.497 e. The number of likely N-dealkylation sites (tertiary alicyclic amines) is 1. The van der Waals surface area contributed by atoms with E-state index in [1.165, 1.54) is 16.8 Å². The van der Waals surface area contributed by atoms with E-state index in [-0.39, 0.29) is 0 Å². The fourth-order valence-electron chi connectivity index (χ4n) is 3.83. The minimum atomic E-state index is 0.447. The normalized spacial score (nSPS) is 20.7. The molecule has 0 radical (unpaired) electrons. The van der Waals surface area contributed by atoms with Gasteiger partial charge in [-0.15, -0.1) is 0 Å². The summed E-state index contributed by atoms with van der Waals surface area (Å²) in [5.41, 5.74) is 3.95. The third-order valence-electron chi connectivity index (χ3n) is 5.11. The second-order valence-corrected chi connectivity index (χ2v) is 6.68. The maximum atomic E-state index is 5.26. The molecule has 3 aromatic rings. The van der Waals surface area contributed by atoms with Gasteiger partial charge in [0.05, 0.1) is 7.11 Å². The molecule has 0 bridgehead atoms. The van der Waals surface area contributed by atoms with E-state index in [4.69, 9.17) is 4.74 Å². The molecule has 4 heteroatoms. The van der Waals surface area contributed by atoms with Gasteiger partial charge in [0.25, 0.3) is 0 Å². The van der Waals surface area contributed by atoms with Gasteiger partial charge in [-0.2, -0.15) is 5.10 Å². The van der Waals surface area contributed by atoms with Crippen molar-refractivity contribution in [1.82, 2.24) is 15.1 Å². The molecule has 2 atom stereocenters. The number of aromatic nitrogens is 2. The Labute approximate surface area is 148 Å². The summed E-state index contributed by atoms with van der Waals surface area (Å²) >= 11 is 0. The summed E-state index contributed by atoms with van der Waals surface area (Å²) in [6.07, 6.45) is 1.85. The summed E-state index contributed by atoms with van der Waals surface area (Å²) in [4.78, 5) is 2.53. The Hall–Kier alpha value is -2.59. The molecular formula is C21H23N3O. The van der Waals surface area contributed by atoms with Crippen LogP contribution in [-0.4, -0.2) is 35.3 Å². The van der Waals surface area contributed by atoms with Crippen molar-refractivity contribution >= 4 is 0 Å². The van der Waals surface area contributed by atoms with E-state index >= 15 is 0 Å². The second kappa shape index (κ2) is 7.11. The SMILES string of the molecule is COc1ccc(CN2C[C@@H](c3ccccc3)[C@H](c3ccn[nH]3)C2)cc1. The van der Waals surface area contributed by atoms with E-state index in [9.17, 15) is 0 Å². The highest BCUT2D eigenvalue weighted by molar-refractivity contribution is 5.30. The van der Waals surface area contributed by atoms with Gasteiger partial charge in [0.15, 0.2) is 0 Å². The van der Waals surface area contributed by atoms with Crippen molar-refractivity contribution in [2.45, 2.75) is 18.4 Å². The van der Waals surface area contributed by atoms with Gasteiger partial charge in [-0.05, 0) is 29.3 Å². The first-order valence-corrected chi connectivity index (χ1v) is 8.73. The molecule has 4 rings (SSSR count). The van der Waals surface area contributed by atoms with Crippen LogP contribution in [0.5, 0.6) is 5.75 Å². The van der Waals surface area contributed by atoms with Crippen LogP contribution >= 0.6 is 0 Å². The lowest BCUT2D eigenvalue weighted by molar-refractivity contribution is 0.323. The van der Waals surface area contributed by atoms with E-state index in [2.05, 4.69) is 63.6 Å². The molecule has 0 aliphatic carbocycles. The Morgan fingerprint density at radius 2 is 1.76 bits per heavy atom. The summed E-state index contributed by atoms with van der Waals surface area (Å²) in [6, 6.07) is 21.3. The van der Waals surface area contributed by atoms with Crippen LogP contribution in [-0.2, 0) is 6.54 Å². The first-order chi connectivity index (χ1) is 12.3. The van der Waals surface area contributed by atoms with Crippen molar-refractivity contribution in [3.05, 3.63) is 83.7 Å². The van der Waals surface area contributed by atoms with Gasteiger partial charge in [-0.1, -0.05) is 42.5 Å². The number of ether oxygens (including phenoxy) is 1. The Balaban J connectivity index is 1.54. The van der Waals surface area contributed by atoms with Crippen molar-refractivity contribution in [2.24, 2.45) is 0 Å². The lowest BCUT2D eigenvalue weighted by atomic mass is 9.87. The van der Waals surface area contributed by atoms with Crippen LogP contribution in [0.15, 0.2) is 66.9 Å². The highest BCUT2D eigenvalue weighted by atomic mass is 16.5. The van der Waals surface area contributed by atoms with Crippen LogP contribution in [0.1, 0.15) is 28.7 Å². The van der Waals surface area contributed by atoms with Crippen LogP contribution in [0.25, 0.3) is 0 Å². The molecule has 2 aromatic carbocycles. The summed E-state index contributed by atoms with van der Waals surface area (Å²) < 4.78 is 5.26. The van der Waals surface area contributed by atoms with Gasteiger partial charge in [-0.25, -0.2) is 0 Å². The van der Waals surface area contributed by atoms with Gasteiger partial charge >= 0.3 is 0 Å². The zero-order valence-electron chi connectivity index (χ0n) is 14.4. The number of nitrogens with one attached hydrogen (secondary N) is 1. The zero-order chi connectivity index (χ0) is 17.1. The molecule has 1 aromatic heterocycles. The van der Waals surface area contributed by atoms with Gasteiger partial charge in [-0.3, -0.25) is 10.00 Å². The molecule has 0 unspecified atom stereocenters. The molecule has 128 valence electrons. The maximum Gasteiger partial charge on any atom is 0.118 e. The number of benzene rings is 2. The number of methoxy groups -OCH3 is 1. The van der Waals surface area contributed by atoms with Crippen molar-refractivity contribution in [3.63, 3.8) is 0 Å².